The second-order valence-corrected chi connectivity index (χ2v) is 2.54. The van der Waals surface area contributed by atoms with Gasteiger partial charge in [-0.05, 0) is 12.3 Å². The topological polar surface area (TPSA) is 37.3 Å². The zero-order valence-corrected chi connectivity index (χ0v) is 5.87. The number of rotatable bonds is 1. The van der Waals surface area contributed by atoms with E-state index < -0.39 is 5.97 Å². The molecule has 1 atom stereocenters. The van der Waals surface area contributed by atoms with Crippen molar-refractivity contribution in [2.24, 2.45) is 5.92 Å². The molecule has 0 aromatic rings. The third kappa shape index (κ3) is 1.47. The van der Waals surface area contributed by atoms with Crippen LogP contribution in [0.4, 0.5) is 0 Å². The Morgan fingerprint density at radius 1 is 1.80 bits per heavy atom. The van der Waals surface area contributed by atoms with E-state index in [9.17, 15) is 4.79 Å². The van der Waals surface area contributed by atoms with E-state index in [1.54, 1.807) is 12.2 Å². The van der Waals surface area contributed by atoms with Crippen LogP contribution < -0.4 is 0 Å². The molecular weight excluding hydrogens is 128 g/mol. The highest BCUT2D eigenvalue weighted by atomic mass is 16.4. The van der Waals surface area contributed by atoms with E-state index in [-0.39, 0.29) is 0 Å². The average molecular weight is 138 g/mol. The van der Waals surface area contributed by atoms with Gasteiger partial charge in [-0.15, -0.1) is 0 Å². The molecule has 0 heterocycles. The van der Waals surface area contributed by atoms with Gasteiger partial charge >= 0.3 is 5.97 Å². The van der Waals surface area contributed by atoms with Crippen LogP contribution in [0.2, 0.25) is 0 Å². The highest BCUT2D eigenvalue weighted by Crippen LogP contribution is 2.15. The van der Waals surface area contributed by atoms with Crippen molar-refractivity contribution in [1.29, 1.82) is 0 Å². The molecule has 54 valence electrons. The van der Waals surface area contributed by atoms with Gasteiger partial charge in [-0.3, -0.25) is 0 Å². The number of carboxylic acid groups (broad SMARTS) is 1. The minimum atomic E-state index is -0.831. The standard InChI is InChI=1S/C8H10O2/c1-6-3-2-4-7(5-6)8(9)10/h2,4-6H,3H2,1H3,(H,9,10). The number of hydrogen-bond acceptors (Lipinski definition) is 1. The van der Waals surface area contributed by atoms with Gasteiger partial charge in [-0.25, -0.2) is 4.79 Å². The fourth-order valence-electron chi connectivity index (χ4n) is 0.982. The zero-order chi connectivity index (χ0) is 7.56. The van der Waals surface area contributed by atoms with Crippen molar-refractivity contribution < 1.29 is 9.90 Å². The lowest BCUT2D eigenvalue weighted by Gasteiger charge is -2.07. The quantitative estimate of drug-likeness (QED) is 0.597. The Hall–Kier alpha value is -1.05. The van der Waals surface area contributed by atoms with Crippen molar-refractivity contribution in [1.82, 2.24) is 0 Å². The van der Waals surface area contributed by atoms with Crippen molar-refractivity contribution in [3.8, 4) is 0 Å². The molecule has 0 bridgehead atoms. The fraction of sp³-hybridized carbons (Fsp3) is 0.375. The van der Waals surface area contributed by atoms with Gasteiger partial charge < -0.3 is 5.11 Å². The second-order valence-electron chi connectivity index (χ2n) is 2.54. The van der Waals surface area contributed by atoms with Crippen LogP contribution in [-0.4, -0.2) is 11.1 Å². The van der Waals surface area contributed by atoms with Crippen molar-refractivity contribution in [3.05, 3.63) is 23.8 Å². The molecule has 0 fully saturated rings. The summed E-state index contributed by atoms with van der Waals surface area (Å²) in [6.45, 7) is 2.01. The first-order chi connectivity index (χ1) is 4.70. The largest absolute Gasteiger partial charge is 0.478 e. The maximum atomic E-state index is 10.4. The van der Waals surface area contributed by atoms with Gasteiger partial charge in [0.2, 0.25) is 0 Å². The summed E-state index contributed by atoms with van der Waals surface area (Å²) in [4.78, 5) is 10.4. The molecule has 0 saturated heterocycles. The van der Waals surface area contributed by atoms with Crippen molar-refractivity contribution in [2.45, 2.75) is 13.3 Å². The summed E-state index contributed by atoms with van der Waals surface area (Å²) in [5.74, 6) is -0.459. The predicted molar refractivity (Wildman–Crippen MR) is 38.6 cm³/mol. The van der Waals surface area contributed by atoms with E-state index in [1.165, 1.54) is 0 Å². The molecule has 1 aliphatic rings. The van der Waals surface area contributed by atoms with Gasteiger partial charge in [0.15, 0.2) is 0 Å². The maximum absolute atomic E-state index is 10.4. The minimum absolute atomic E-state index is 0.371. The molecule has 2 heteroatoms. The number of allylic oxidation sites excluding steroid dienone is 2. The summed E-state index contributed by atoms with van der Waals surface area (Å²) >= 11 is 0. The van der Waals surface area contributed by atoms with Gasteiger partial charge in [0.25, 0.3) is 0 Å². The highest BCUT2D eigenvalue weighted by molar-refractivity contribution is 5.90. The lowest BCUT2D eigenvalue weighted by Crippen LogP contribution is -2.03. The van der Waals surface area contributed by atoms with E-state index >= 15 is 0 Å². The summed E-state index contributed by atoms with van der Waals surface area (Å²) in [5.41, 5.74) is 0.416. The lowest BCUT2D eigenvalue weighted by molar-refractivity contribution is -0.132. The predicted octanol–water partition coefficient (Wildman–Crippen LogP) is 1.59. The molecule has 0 aliphatic heterocycles. The minimum Gasteiger partial charge on any atom is -0.478 e. The SMILES string of the molecule is CC1C=C(C(=O)O)C=CC1. The van der Waals surface area contributed by atoms with Crippen LogP contribution in [0, 0.1) is 5.92 Å². The third-order valence-electron chi connectivity index (χ3n) is 1.52. The Bertz CT molecular complexity index is 201. The first-order valence-electron chi connectivity index (χ1n) is 3.32. The van der Waals surface area contributed by atoms with Crippen LogP contribution in [0.3, 0.4) is 0 Å². The summed E-state index contributed by atoms with van der Waals surface area (Å²) in [7, 11) is 0. The molecule has 2 nitrogen and oxygen atoms in total. The Kier molecular flexibility index (Phi) is 1.90. The third-order valence-corrected chi connectivity index (χ3v) is 1.52. The Labute approximate surface area is 59.9 Å². The monoisotopic (exact) mass is 138 g/mol. The van der Waals surface area contributed by atoms with Gasteiger partial charge in [0.05, 0.1) is 5.57 Å². The van der Waals surface area contributed by atoms with Crippen LogP contribution in [0.15, 0.2) is 23.8 Å². The molecule has 0 saturated carbocycles. The average Bonchev–Trinajstić information content (AvgIpc) is 1.88. The van der Waals surface area contributed by atoms with E-state index in [4.69, 9.17) is 5.11 Å². The Morgan fingerprint density at radius 3 is 2.90 bits per heavy atom. The normalized spacial score (nSPS) is 24.1. The summed E-state index contributed by atoms with van der Waals surface area (Å²) in [6.07, 6.45) is 6.29. The zero-order valence-electron chi connectivity index (χ0n) is 5.87. The summed E-state index contributed by atoms with van der Waals surface area (Å²) < 4.78 is 0. The van der Waals surface area contributed by atoms with Gasteiger partial charge in [0, 0.05) is 0 Å². The molecule has 1 rings (SSSR count). The Balaban J connectivity index is 2.76. The Morgan fingerprint density at radius 2 is 2.50 bits per heavy atom. The summed E-state index contributed by atoms with van der Waals surface area (Å²) in [5, 5.41) is 8.54. The molecule has 1 N–H and O–H groups in total. The van der Waals surface area contributed by atoms with E-state index in [0.29, 0.717) is 11.5 Å². The van der Waals surface area contributed by atoms with Gasteiger partial charge in [0.1, 0.15) is 0 Å². The van der Waals surface area contributed by atoms with Crippen LogP contribution in [0.5, 0.6) is 0 Å². The first-order valence-corrected chi connectivity index (χ1v) is 3.32. The molecule has 10 heavy (non-hydrogen) atoms. The molecule has 1 aliphatic carbocycles. The van der Waals surface area contributed by atoms with E-state index in [2.05, 4.69) is 0 Å². The maximum Gasteiger partial charge on any atom is 0.335 e. The lowest BCUT2D eigenvalue weighted by atomic mass is 9.98. The number of aliphatic carboxylic acids is 1. The summed E-state index contributed by atoms with van der Waals surface area (Å²) in [6, 6.07) is 0. The van der Waals surface area contributed by atoms with E-state index in [1.807, 2.05) is 13.0 Å². The number of carboxylic acids is 1. The molecule has 0 spiro atoms. The van der Waals surface area contributed by atoms with Crippen molar-refractivity contribution >= 4 is 5.97 Å². The highest BCUT2D eigenvalue weighted by Gasteiger charge is 2.08. The molecular formula is C8H10O2. The second kappa shape index (κ2) is 2.69. The first kappa shape index (κ1) is 7.06. The molecule has 0 amide bonds. The van der Waals surface area contributed by atoms with E-state index in [0.717, 1.165) is 6.42 Å². The van der Waals surface area contributed by atoms with Crippen molar-refractivity contribution in [3.63, 3.8) is 0 Å². The number of carbonyl (C=O) groups is 1. The van der Waals surface area contributed by atoms with Crippen LogP contribution in [-0.2, 0) is 4.79 Å². The smallest absolute Gasteiger partial charge is 0.335 e. The molecule has 0 aromatic heterocycles. The fourth-order valence-corrected chi connectivity index (χ4v) is 0.982. The van der Waals surface area contributed by atoms with Crippen LogP contribution in [0.25, 0.3) is 0 Å². The molecule has 1 unspecified atom stereocenters. The van der Waals surface area contributed by atoms with Gasteiger partial charge in [-0.2, -0.15) is 0 Å². The number of hydrogen-bond donors (Lipinski definition) is 1. The van der Waals surface area contributed by atoms with Crippen LogP contribution >= 0.6 is 0 Å². The van der Waals surface area contributed by atoms with Gasteiger partial charge in [-0.1, -0.05) is 25.2 Å². The van der Waals surface area contributed by atoms with Crippen LogP contribution in [0.1, 0.15) is 13.3 Å². The molecule has 0 radical (unpaired) electrons. The van der Waals surface area contributed by atoms with Crippen molar-refractivity contribution in [2.75, 3.05) is 0 Å². The molecule has 0 aromatic carbocycles.